The van der Waals surface area contributed by atoms with E-state index in [9.17, 15) is 14.7 Å². The number of amides is 1. The number of hydrogen-bond acceptors (Lipinski definition) is 5. The van der Waals surface area contributed by atoms with Crippen LogP contribution in [-0.4, -0.2) is 41.0 Å². The van der Waals surface area contributed by atoms with Gasteiger partial charge in [-0.3, -0.25) is 4.79 Å². The first kappa shape index (κ1) is 15.8. The van der Waals surface area contributed by atoms with Crippen molar-refractivity contribution in [3.8, 4) is 0 Å². The number of alkyl carbamates (subject to hydrolysis) is 1. The van der Waals surface area contributed by atoms with Crippen molar-refractivity contribution in [3.05, 3.63) is 0 Å². The standard InChI is InChI=1S/C13H23NO5/c1-7(14-12(17)19-13(3,4)5)10-6-9(8(2)15)11(16)18-10/h7-10,15H,6H2,1-5H3,(H,14,17)/t7-,8+,9-,10+/m0/s1. The molecule has 0 aromatic rings. The number of carbonyl (C=O) groups is 2. The number of esters is 1. The van der Waals surface area contributed by atoms with Crippen molar-refractivity contribution in [2.75, 3.05) is 0 Å². The van der Waals surface area contributed by atoms with Gasteiger partial charge in [0.25, 0.3) is 0 Å². The van der Waals surface area contributed by atoms with Gasteiger partial charge in [0.05, 0.1) is 18.1 Å². The Morgan fingerprint density at radius 1 is 1.47 bits per heavy atom. The number of cyclic esters (lactones) is 1. The van der Waals surface area contributed by atoms with E-state index in [1.165, 1.54) is 0 Å². The third kappa shape index (κ3) is 4.70. The summed E-state index contributed by atoms with van der Waals surface area (Å²) in [5.41, 5.74) is -0.571. The Hall–Kier alpha value is -1.30. The molecule has 1 aliphatic rings. The average Bonchev–Trinajstić information content (AvgIpc) is 2.57. The van der Waals surface area contributed by atoms with Gasteiger partial charge in [-0.05, 0) is 34.6 Å². The number of hydrogen-bond donors (Lipinski definition) is 2. The molecule has 1 fully saturated rings. The van der Waals surface area contributed by atoms with E-state index in [4.69, 9.17) is 9.47 Å². The summed E-state index contributed by atoms with van der Waals surface area (Å²) in [6, 6.07) is -0.359. The Kier molecular flexibility index (Phi) is 4.79. The molecule has 0 bridgehead atoms. The molecule has 2 N–H and O–H groups in total. The zero-order chi connectivity index (χ0) is 14.8. The van der Waals surface area contributed by atoms with Gasteiger partial charge in [0.1, 0.15) is 11.7 Å². The molecule has 1 amide bonds. The highest BCUT2D eigenvalue weighted by Crippen LogP contribution is 2.26. The summed E-state index contributed by atoms with van der Waals surface area (Å²) in [5, 5.41) is 12.1. The summed E-state index contributed by atoms with van der Waals surface area (Å²) >= 11 is 0. The van der Waals surface area contributed by atoms with Crippen LogP contribution in [0.5, 0.6) is 0 Å². The third-order valence-electron chi connectivity index (χ3n) is 2.94. The Bertz CT molecular complexity index is 347. The molecule has 0 saturated carbocycles. The van der Waals surface area contributed by atoms with Crippen LogP contribution in [0.3, 0.4) is 0 Å². The SMILES string of the molecule is C[C@H](NC(=O)OC(C)(C)C)[C@H]1C[C@@H]([C@@H](C)O)C(=O)O1. The fourth-order valence-electron chi connectivity index (χ4n) is 1.92. The average molecular weight is 273 g/mol. The van der Waals surface area contributed by atoms with E-state index in [2.05, 4.69) is 5.32 Å². The summed E-state index contributed by atoms with van der Waals surface area (Å²) in [5.74, 6) is -0.939. The minimum Gasteiger partial charge on any atom is -0.460 e. The van der Waals surface area contributed by atoms with Crippen LogP contribution in [0.1, 0.15) is 41.0 Å². The lowest BCUT2D eigenvalue weighted by molar-refractivity contribution is -0.147. The largest absolute Gasteiger partial charge is 0.460 e. The number of carbonyl (C=O) groups excluding carboxylic acids is 2. The van der Waals surface area contributed by atoms with E-state index >= 15 is 0 Å². The summed E-state index contributed by atoms with van der Waals surface area (Å²) in [6.45, 7) is 8.62. The van der Waals surface area contributed by atoms with Crippen molar-refractivity contribution in [2.24, 2.45) is 5.92 Å². The Labute approximate surface area is 113 Å². The maximum Gasteiger partial charge on any atom is 0.407 e. The quantitative estimate of drug-likeness (QED) is 0.755. The lowest BCUT2D eigenvalue weighted by atomic mass is 9.97. The fourth-order valence-corrected chi connectivity index (χ4v) is 1.92. The summed E-state index contributed by atoms with van der Waals surface area (Å²) < 4.78 is 10.3. The number of aliphatic hydroxyl groups excluding tert-OH is 1. The van der Waals surface area contributed by atoms with E-state index in [-0.39, 0.29) is 6.04 Å². The second kappa shape index (κ2) is 5.77. The van der Waals surface area contributed by atoms with Crippen LogP contribution in [0.2, 0.25) is 0 Å². The highest BCUT2D eigenvalue weighted by atomic mass is 16.6. The summed E-state index contributed by atoms with van der Waals surface area (Å²) in [4.78, 5) is 23.1. The number of nitrogens with one attached hydrogen (secondary N) is 1. The van der Waals surface area contributed by atoms with Crippen molar-refractivity contribution in [2.45, 2.75) is 64.9 Å². The van der Waals surface area contributed by atoms with Crippen LogP contribution >= 0.6 is 0 Å². The van der Waals surface area contributed by atoms with E-state index in [0.717, 1.165) is 0 Å². The molecular weight excluding hydrogens is 250 g/mol. The smallest absolute Gasteiger partial charge is 0.407 e. The molecule has 4 atom stereocenters. The fraction of sp³-hybridized carbons (Fsp3) is 0.846. The minimum atomic E-state index is -0.744. The van der Waals surface area contributed by atoms with Crippen LogP contribution in [0.4, 0.5) is 4.79 Å². The van der Waals surface area contributed by atoms with Crippen molar-refractivity contribution in [3.63, 3.8) is 0 Å². The first-order valence-corrected chi connectivity index (χ1v) is 6.48. The molecule has 1 aliphatic heterocycles. The third-order valence-corrected chi connectivity index (χ3v) is 2.94. The molecule has 0 unspecified atom stereocenters. The van der Waals surface area contributed by atoms with E-state index < -0.39 is 35.8 Å². The predicted molar refractivity (Wildman–Crippen MR) is 68.5 cm³/mol. The van der Waals surface area contributed by atoms with Crippen LogP contribution in [0, 0.1) is 5.92 Å². The molecule has 6 nitrogen and oxygen atoms in total. The molecule has 0 aromatic heterocycles. The topological polar surface area (TPSA) is 84.9 Å². The van der Waals surface area contributed by atoms with Crippen LogP contribution in [0.25, 0.3) is 0 Å². The zero-order valence-electron chi connectivity index (χ0n) is 12.1. The van der Waals surface area contributed by atoms with Gasteiger partial charge in [0, 0.05) is 6.42 Å². The highest BCUT2D eigenvalue weighted by Gasteiger charge is 2.40. The molecule has 110 valence electrons. The normalized spacial score (nSPS) is 26.5. The first-order valence-electron chi connectivity index (χ1n) is 6.48. The molecule has 0 aromatic carbocycles. The van der Waals surface area contributed by atoms with Gasteiger partial charge in [-0.2, -0.15) is 0 Å². The molecule has 6 heteroatoms. The number of ether oxygens (including phenoxy) is 2. The Balaban J connectivity index is 2.49. The van der Waals surface area contributed by atoms with Gasteiger partial charge in [0.15, 0.2) is 0 Å². The molecule has 19 heavy (non-hydrogen) atoms. The van der Waals surface area contributed by atoms with Gasteiger partial charge >= 0.3 is 12.1 Å². The zero-order valence-corrected chi connectivity index (χ0v) is 12.1. The van der Waals surface area contributed by atoms with Crippen molar-refractivity contribution < 1.29 is 24.2 Å². The van der Waals surface area contributed by atoms with Gasteiger partial charge < -0.3 is 19.9 Å². The molecular formula is C13H23NO5. The summed E-state index contributed by atoms with van der Waals surface area (Å²) in [6.07, 6.45) is -1.32. The molecule has 0 aliphatic carbocycles. The number of aliphatic hydroxyl groups is 1. The molecule has 1 heterocycles. The lowest BCUT2D eigenvalue weighted by Crippen LogP contribution is -2.43. The second-order valence-electron chi connectivity index (χ2n) is 5.99. The lowest BCUT2D eigenvalue weighted by Gasteiger charge is -2.24. The van der Waals surface area contributed by atoms with Gasteiger partial charge in [0.2, 0.25) is 0 Å². The maximum absolute atomic E-state index is 11.6. The highest BCUT2D eigenvalue weighted by molar-refractivity contribution is 5.75. The van der Waals surface area contributed by atoms with Crippen molar-refractivity contribution in [1.82, 2.24) is 5.32 Å². The monoisotopic (exact) mass is 273 g/mol. The molecule has 1 saturated heterocycles. The Morgan fingerprint density at radius 2 is 2.05 bits per heavy atom. The van der Waals surface area contributed by atoms with Crippen LogP contribution < -0.4 is 5.32 Å². The molecule has 1 rings (SSSR count). The Morgan fingerprint density at radius 3 is 2.47 bits per heavy atom. The molecule has 0 radical (unpaired) electrons. The van der Waals surface area contributed by atoms with Gasteiger partial charge in [-0.1, -0.05) is 0 Å². The van der Waals surface area contributed by atoms with Crippen molar-refractivity contribution in [1.29, 1.82) is 0 Å². The minimum absolute atomic E-state index is 0.359. The second-order valence-corrected chi connectivity index (χ2v) is 5.99. The van der Waals surface area contributed by atoms with Gasteiger partial charge in [-0.25, -0.2) is 4.79 Å². The van der Waals surface area contributed by atoms with E-state index in [1.807, 2.05) is 0 Å². The number of rotatable bonds is 3. The molecule has 0 spiro atoms. The van der Waals surface area contributed by atoms with Crippen LogP contribution in [0.15, 0.2) is 0 Å². The van der Waals surface area contributed by atoms with Crippen molar-refractivity contribution >= 4 is 12.1 Å². The predicted octanol–water partition coefficient (Wildman–Crippen LogP) is 1.21. The van der Waals surface area contributed by atoms with E-state index in [1.54, 1.807) is 34.6 Å². The van der Waals surface area contributed by atoms with Gasteiger partial charge in [-0.15, -0.1) is 0 Å². The summed E-state index contributed by atoms with van der Waals surface area (Å²) in [7, 11) is 0. The van der Waals surface area contributed by atoms with E-state index in [0.29, 0.717) is 6.42 Å². The first-order chi connectivity index (χ1) is 8.60. The maximum atomic E-state index is 11.6. The van der Waals surface area contributed by atoms with Crippen LogP contribution in [-0.2, 0) is 14.3 Å².